The fourth-order valence-corrected chi connectivity index (χ4v) is 4.52. The van der Waals surface area contributed by atoms with Gasteiger partial charge in [-0.1, -0.05) is 48.5 Å². The van der Waals surface area contributed by atoms with Crippen LogP contribution in [-0.2, 0) is 14.4 Å². The molecule has 0 radical (unpaired) electrons. The zero-order valence-corrected chi connectivity index (χ0v) is 17.6. The minimum absolute atomic E-state index is 0.0835. The summed E-state index contributed by atoms with van der Waals surface area (Å²) in [6, 6.07) is 20.9. The van der Waals surface area contributed by atoms with Crippen LogP contribution in [0.15, 0.2) is 72.8 Å². The molecule has 0 aliphatic carbocycles. The number of nitrogens with zero attached hydrogens (tertiary/aromatic N) is 2. The third-order valence-electron chi connectivity index (χ3n) is 6.05. The summed E-state index contributed by atoms with van der Waals surface area (Å²) in [5, 5.41) is 12.4. The number of anilines is 2. The molecule has 0 bridgehead atoms. The predicted molar refractivity (Wildman–Crippen MR) is 118 cm³/mol. The van der Waals surface area contributed by atoms with Gasteiger partial charge in [0.25, 0.3) is 5.91 Å². The minimum atomic E-state index is -1.00. The average Bonchev–Trinajstić information content (AvgIpc) is 3.31. The van der Waals surface area contributed by atoms with Crippen molar-refractivity contribution in [3.8, 4) is 11.5 Å². The number of carbonyl (C=O) groups is 2. The SMILES string of the molecule is COc1cccc([C@H]2[C@H]3C(=O)N(c4ccccc4C)C(=O)[C@H]3ON2c2ccccc2)c1O. The van der Waals surface area contributed by atoms with Crippen LogP contribution >= 0.6 is 0 Å². The van der Waals surface area contributed by atoms with E-state index in [1.54, 1.807) is 35.4 Å². The Morgan fingerprint density at radius 2 is 1.62 bits per heavy atom. The molecule has 2 heterocycles. The van der Waals surface area contributed by atoms with Crippen LogP contribution in [0.1, 0.15) is 17.2 Å². The Bertz CT molecular complexity index is 1200. The summed E-state index contributed by atoms with van der Waals surface area (Å²) in [6.07, 6.45) is -1.00. The van der Waals surface area contributed by atoms with Crippen molar-refractivity contribution in [1.82, 2.24) is 0 Å². The molecule has 2 saturated heterocycles. The number of fused-ring (bicyclic) bond motifs is 1. The lowest BCUT2D eigenvalue weighted by atomic mass is 9.90. The lowest BCUT2D eigenvalue weighted by Crippen LogP contribution is -2.37. The second-order valence-corrected chi connectivity index (χ2v) is 7.85. The van der Waals surface area contributed by atoms with Crippen LogP contribution in [-0.4, -0.2) is 30.1 Å². The Morgan fingerprint density at radius 1 is 0.906 bits per heavy atom. The Morgan fingerprint density at radius 3 is 2.34 bits per heavy atom. The number of imide groups is 1. The molecule has 5 rings (SSSR count). The maximum absolute atomic E-state index is 13.7. The van der Waals surface area contributed by atoms with Crippen LogP contribution in [0.3, 0.4) is 0 Å². The number of amides is 2. The molecule has 3 aromatic carbocycles. The summed E-state index contributed by atoms with van der Waals surface area (Å²) < 4.78 is 5.28. The molecule has 3 aromatic rings. The van der Waals surface area contributed by atoms with Crippen LogP contribution in [0.25, 0.3) is 0 Å². The number of aryl methyl sites for hydroxylation is 1. The molecule has 7 nitrogen and oxygen atoms in total. The van der Waals surface area contributed by atoms with Gasteiger partial charge in [-0.25, -0.2) is 9.96 Å². The van der Waals surface area contributed by atoms with E-state index in [1.807, 2.05) is 49.4 Å². The van der Waals surface area contributed by atoms with E-state index >= 15 is 0 Å². The third-order valence-corrected chi connectivity index (χ3v) is 6.05. The maximum atomic E-state index is 13.7. The lowest BCUT2D eigenvalue weighted by Gasteiger charge is -2.29. The quantitative estimate of drug-likeness (QED) is 0.635. The third kappa shape index (κ3) is 2.93. The number of phenols is 1. The Labute approximate surface area is 185 Å². The van der Waals surface area contributed by atoms with E-state index in [1.165, 1.54) is 12.0 Å². The summed E-state index contributed by atoms with van der Waals surface area (Å²) in [6.45, 7) is 1.85. The largest absolute Gasteiger partial charge is 0.504 e. The zero-order valence-electron chi connectivity index (χ0n) is 17.6. The van der Waals surface area contributed by atoms with Crippen molar-refractivity contribution in [1.29, 1.82) is 0 Å². The summed E-state index contributed by atoms with van der Waals surface area (Å²) >= 11 is 0. The van der Waals surface area contributed by atoms with Gasteiger partial charge in [-0.15, -0.1) is 0 Å². The first kappa shape index (κ1) is 20.1. The van der Waals surface area contributed by atoms with Crippen molar-refractivity contribution in [2.45, 2.75) is 19.1 Å². The fraction of sp³-hybridized carbons (Fsp3) is 0.200. The lowest BCUT2D eigenvalue weighted by molar-refractivity contribution is -0.126. The van der Waals surface area contributed by atoms with Crippen molar-refractivity contribution in [2.24, 2.45) is 5.92 Å². The van der Waals surface area contributed by atoms with E-state index < -0.39 is 24.0 Å². The first-order valence-corrected chi connectivity index (χ1v) is 10.3. The number of hydrogen-bond donors (Lipinski definition) is 1. The molecule has 3 atom stereocenters. The number of carbonyl (C=O) groups excluding carboxylic acids is 2. The van der Waals surface area contributed by atoms with Gasteiger partial charge in [0.2, 0.25) is 5.91 Å². The van der Waals surface area contributed by atoms with Gasteiger partial charge >= 0.3 is 0 Å². The highest BCUT2D eigenvalue weighted by molar-refractivity contribution is 6.24. The maximum Gasteiger partial charge on any atom is 0.266 e. The highest BCUT2D eigenvalue weighted by Crippen LogP contribution is 2.50. The van der Waals surface area contributed by atoms with Gasteiger partial charge in [0.15, 0.2) is 17.6 Å². The highest BCUT2D eigenvalue weighted by Gasteiger charge is 2.61. The van der Waals surface area contributed by atoms with Gasteiger partial charge in [-0.3, -0.25) is 14.4 Å². The van der Waals surface area contributed by atoms with Gasteiger partial charge in [0, 0.05) is 5.56 Å². The molecule has 0 saturated carbocycles. The molecule has 1 N–H and O–H groups in total. The van der Waals surface area contributed by atoms with Gasteiger partial charge < -0.3 is 9.84 Å². The van der Waals surface area contributed by atoms with Crippen LogP contribution in [0.2, 0.25) is 0 Å². The van der Waals surface area contributed by atoms with Gasteiger partial charge in [0.1, 0.15) is 12.0 Å². The molecule has 0 unspecified atom stereocenters. The molecule has 32 heavy (non-hydrogen) atoms. The topological polar surface area (TPSA) is 79.3 Å². The standard InChI is InChI=1S/C25H22N2O5/c1-15-9-6-7-13-18(15)26-24(29)20-21(17-12-8-14-19(31-2)22(17)28)27(32-23(20)25(26)30)16-10-4-3-5-11-16/h3-14,20-21,23,28H,1-2H3/t20-,21+,23+/m1/s1. The molecule has 0 aromatic heterocycles. The Hall–Kier alpha value is -3.84. The van der Waals surface area contributed by atoms with Gasteiger partial charge in [-0.2, -0.15) is 0 Å². The first-order valence-electron chi connectivity index (χ1n) is 10.3. The summed E-state index contributed by atoms with van der Waals surface area (Å²) in [7, 11) is 1.46. The van der Waals surface area contributed by atoms with Crippen molar-refractivity contribution >= 4 is 23.2 Å². The number of para-hydroxylation sites is 3. The second-order valence-electron chi connectivity index (χ2n) is 7.85. The van der Waals surface area contributed by atoms with Crippen LogP contribution in [0.5, 0.6) is 11.5 Å². The fourth-order valence-electron chi connectivity index (χ4n) is 4.52. The smallest absolute Gasteiger partial charge is 0.266 e. The predicted octanol–water partition coefficient (Wildman–Crippen LogP) is 3.76. The monoisotopic (exact) mass is 430 g/mol. The Balaban J connectivity index is 1.64. The number of hydroxylamine groups is 1. The molecule has 7 heteroatoms. The number of methoxy groups -OCH3 is 1. The molecule has 2 aliphatic heterocycles. The summed E-state index contributed by atoms with van der Waals surface area (Å²) in [5.41, 5.74) is 2.49. The van der Waals surface area contributed by atoms with Crippen molar-refractivity contribution in [3.63, 3.8) is 0 Å². The van der Waals surface area contributed by atoms with E-state index in [2.05, 4.69) is 0 Å². The number of phenolic OH excluding ortho intramolecular Hbond substituents is 1. The number of benzene rings is 3. The van der Waals surface area contributed by atoms with E-state index in [0.29, 0.717) is 16.9 Å². The number of rotatable bonds is 4. The highest BCUT2D eigenvalue weighted by atomic mass is 16.7. The molecule has 2 fully saturated rings. The Kier molecular flexibility index (Phi) is 4.83. The van der Waals surface area contributed by atoms with Crippen LogP contribution in [0, 0.1) is 12.8 Å². The first-order chi connectivity index (χ1) is 15.5. The van der Waals surface area contributed by atoms with E-state index in [4.69, 9.17) is 9.57 Å². The number of ether oxygens (including phenoxy) is 1. The molecule has 2 amide bonds. The molecule has 2 aliphatic rings. The molecule has 0 spiro atoms. The van der Waals surface area contributed by atoms with Crippen LogP contribution in [0.4, 0.5) is 11.4 Å². The second kappa shape index (κ2) is 7.69. The van der Waals surface area contributed by atoms with Gasteiger partial charge in [0.05, 0.1) is 18.5 Å². The molecule has 162 valence electrons. The zero-order chi connectivity index (χ0) is 22.4. The van der Waals surface area contributed by atoms with Crippen molar-refractivity contribution < 1.29 is 24.3 Å². The molecular weight excluding hydrogens is 408 g/mol. The number of aromatic hydroxyl groups is 1. The van der Waals surface area contributed by atoms with Crippen molar-refractivity contribution in [3.05, 3.63) is 83.9 Å². The average molecular weight is 430 g/mol. The molecular formula is C25H22N2O5. The normalized spacial score (nSPS) is 22.4. The van der Waals surface area contributed by atoms with Crippen LogP contribution < -0.4 is 14.7 Å². The van der Waals surface area contributed by atoms with E-state index in [9.17, 15) is 14.7 Å². The summed E-state index contributed by atoms with van der Waals surface area (Å²) in [4.78, 5) is 34.4. The van der Waals surface area contributed by atoms with Gasteiger partial charge in [-0.05, 0) is 36.8 Å². The van der Waals surface area contributed by atoms with Crippen molar-refractivity contribution in [2.75, 3.05) is 17.1 Å². The minimum Gasteiger partial charge on any atom is -0.504 e. The number of hydrogen-bond acceptors (Lipinski definition) is 6. The van der Waals surface area contributed by atoms with E-state index in [-0.39, 0.29) is 17.4 Å². The summed E-state index contributed by atoms with van der Waals surface area (Å²) in [5.74, 6) is -1.41. The van der Waals surface area contributed by atoms with E-state index in [0.717, 1.165) is 5.56 Å².